The molecule has 0 saturated carbocycles. The van der Waals surface area contributed by atoms with Crippen molar-refractivity contribution in [1.29, 1.82) is 0 Å². The average molecular weight is 355 g/mol. The third-order valence-corrected chi connectivity index (χ3v) is 4.11. The number of anilines is 1. The highest BCUT2D eigenvalue weighted by molar-refractivity contribution is 6.12. The predicted octanol–water partition coefficient (Wildman–Crippen LogP) is 4.46. The van der Waals surface area contributed by atoms with Crippen LogP contribution in [0.2, 0.25) is 0 Å². The molecule has 4 rings (SSSR count). The van der Waals surface area contributed by atoms with Gasteiger partial charge in [0.1, 0.15) is 6.61 Å². The quantitative estimate of drug-likeness (QED) is 0.574. The lowest BCUT2D eigenvalue weighted by Gasteiger charge is -2.10. The summed E-state index contributed by atoms with van der Waals surface area (Å²) in [5.74, 6) is 0.255. The minimum absolute atomic E-state index is 0.200. The van der Waals surface area contributed by atoms with Crippen LogP contribution in [0.5, 0.6) is 5.88 Å². The first-order chi connectivity index (χ1) is 13.3. The van der Waals surface area contributed by atoms with Crippen LogP contribution in [0.1, 0.15) is 15.9 Å². The number of amides is 1. The minimum Gasteiger partial charge on any atom is -0.473 e. The highest BCUT2D eigenvalue weighted by atomic mass is 16.5. The molecule has 0 spiro atoms. The predicted molar refractivity (Wildman–Crippen MR) is 105 cm³/mol. The molecule has 0 radical (unpaired) electrons. The summed E-state index contributed by atoms with van der Waals surface area (Å²) in [5, 5.41) is 3.71. The molecule has 0 aliphatic heterocycles. The number of carbonyl (C=O) groups is 1. The maximum absolute atomic E-state index is 12.7. The Morgan fingerprint density at radius 1 is 0.889 bits per heavy atom. The van der Waals surface area contributed by atoms with Crippen LogP contribution in [0, 0.1) is 0 Å². The molecule has 2 aromatic carbocycles. The lowest BCUT2D eigenvalue weighted by atomic mass is 10.1. The summed E-state index contributed by atoms with van der Waals surface area (Å²) in [6, 6.07) is 22.5. The van der Waals surface area contributed by atoms with E-state index in [4.69, 9.17) is 4.74 Å². The van der Waals surface area contributed by atoms with E-state index in [2.05, 4.69) is 15.3 Å². The van der Waals surface area contributed by atoms with Crippen LogP contribution in [-0.4, -0.2) is 15.9 Å². The van der Waals surface area contributed by atoms with Crippen LogP contribution in [0.4, 0.5) is 5.69 Å². The van der Waals surface area contributed by atoms with Crippen molar-refractivity contribution in [1.82, 2.24) is 9.97 Å². The summed E-state index contributed by atoms with van der Waals surface area (Å²) in [6.45, 7) is 0.417. The van der Waals surface area contributed by atoms with Crippen LogP contribution in [0.3, 0.4) is 0 Å². The lowest BCUT2D eigenvalue weighted by Crippen LogP contribution is -2.12. The first-order valence-electron chi connectivity index (χ1n) is 8.57. The van der Waals surface area contributed by atoms with E-state index < -0.39 is 0 Å². The number of rotatable bonds is 5. The topological polar surface area (TPSA) is 64.1 Å². The highest BCUT2D eigenvalue weighted by Gasteiger charge is 2.11. The maximum atomic E-state index is 12.7. The SMILES string of the molecule is O=C(Nc1ccnc(OCc2ccccc2)c1)c1cccc2ncccc12. The summed E-state index contributed by atoms with van der Waals surface area (Å²) in [4.78, 5) is 21.2. The summed E-state index contributed by atoms with van der Waals surface area (Å²) < 4.78 is 5.72. The van der Waals surface area contributed by atoms with Crippen LogP contribution < -0.4 is 10.1 Å². The summed E-state index contributed by atoms with van der Waals surface area (Å²) in [6.07, 6.45) is 3.32. The van der Waals surface area contributed by atoms with Crippen molar-refractivity contribution in [3.05, 3.63) is 96.3 Å². The Bertz CT molecular complexity index is 1080. The zero-order valence-electron chi connectivity index (χ0n) is 14.5. The van der Waals surface area contributed by atoms with Crippen molar-refractivity contribution in [2.24, 2.45) is 0 Å². The molecule has 2 heterocycles. The summed E-state index contributed by atoms with van der Waals surface area (Å²) in [5.41, 5.74) is 3.03. The van der Waals surface area contributed by atoms with E-state index in [-0.39, 0.29) is 5.91 Å². The van der Waals surface area contributed by atoms with Gasteiger partial charge in [-0.2, -0.15) is 0 Å². The zero-order valence-corrected chi connectivity index (χ0v) is 14.5. The smallest absolute Gasteiger partial charge is 0.256 e. The number of hydrogen-bond acceptors (Lipinski definition) is 4. The van der Waals surface area contributed by atoms with E-state index in [0.717, 1.165) is 16.5 Å². The number of ether oxygens (including phenoxy) is 1. The molecule has 132 valence electrons. The van der Waals surface area contributed by atoms with Crippen molar-refractivity contribution >= 4 is 22.5 Å². The van der Waals surface area contributed by atoms with Crippen molar-refractivity contribution in [2.75, 3.05) is 5.32 Å². The molecule has 27 heavy (non-hydrogen) atoms. The molecule has 4 aromatic rings. The van der Waals surface area contributed by atoms with Crippen LogP contribution in [0.25, 0.3) is 10.9 Å². The van der Waals surface area contributed by atoms with E-state index in [0.29, 0.717) is 23.7 Å². The molecule has 0 aliphatic carbocycles. The fraction of sp³-hybridized carbons (Fsp3) is 0.0455. The van der Waals surface area contributed by atoms with Crippen molar-refractivity contribution in [3.8, 4) is 5.88 Å². The van der Waals surface area contributed by atoms with Gasteiger partial charge in [0, 0.05) is 35.1 Å². The molecule has 0 unspecified atom stereocenters. The normalized spacial score (nSPS) is 10.5. The van der Waals surface area contributed by atoms with E-state index in [1.54, 1.807) is 30.6 Å². The van der Waals surface area contributed by atoms with E-state index in [9.17, 15) is 4.79 Å². The fourth-order valence-corrected chi connectivity index (χ4v) is 2.80. The van der Waals surface area contributed by atoms with Crippen LogP contribution in [-0.2, 0) is 6.61 Å². The molecule has 5 heteroatoms. The Labute approximate surface area is 156 Å². The van der Waals surface area contributed by atoms with E-state index >= 15 is 0 Å². The Morgan fingerprint density at radius 2 is 1.78 bits per heavy atom. The van der Waals surface area contributed by atoms with Crippen LogP contribution in [0.15, 0.2) is 85.2 Å². The van der Waals surface area contributed by atoms with Crippen molar-refractivity contribution < 1.29 is 9.53 Å². The molecule has 2 aromatic heterocycles. The third-order valence-electron chi connectivity index (χ3n) is 4.11. The summed E-state index contributed by atoms with van der Waals surface area (Å²) >= 11 is 0. The van der Waals surface area contributed by atoms with Gasteiger partial charge in [0.2, 0.25) is 5.88 Å². The first-order valence-corrected chi connectivity index (χ1v) is 8.57. The molecule has 0 saturated heterocycles. The highest BCUT2D eigenvalue weighted by Crippen LogP contribution is 2.20. The molecule has 0 aliphatic rings. The fourth-order valence-electron chi connectivity index (χ4n) is 2.80. The molecular weight excluding hydrogens is 338 g/mol. The molecule has 1 amide bonds. The van der Waals surface area contributed by atoms with Gasteiger partial charge in [0.05, 0.1) is 5.52 Å². The monoisotopic (exact) mass is 355 g/mol. The van der Waals surface area contributed by atoms with Gasteiger partial charge in [-0.15, -0.1) is 0 Å². The zero-order chi connectivity index (χ0) is 18.5. The van der Waals surface area contributed by atoms with Crippen molar-refractivity contribution in [2.45, 2.75) is 6.61 Å². The van der Waals surface area contributed by atoms with E-state index in [1.807, 2.05) is 54.6 Å². The van der Waals surface area contributed by atoms with Gasteiger partial charge in [0.25, 0.3) is 5.91 Å². The molecule has 0 bridgehead atoms. The second kappa shape index (κ2) is 7.66. The van der Waals surface area contributed by atoms with Gasteiger partial charge in [0.15, 0.2) is 0 Å². The Balaban J connectivity index is 1.50. The standard InChI is InChI=1S/C22H17N3O2/c26-22(19-8-4-10-20-18(19)9-5-12-23-20)25-17-11-13-24-21(14-17)27-15-16-6-2-1-3-7-16/h1-14H,15H2,(H,24,25,26). The number of aromatic nitrogens is 2. The maximum Gasteiger partial charge on any atom is 0.256 e. The first kappa shape index (κ1) is 16.7. The second-order valence-corrected chi connectivity index (χ2v) is 5.99. The van der Waals surface area contributed by atoms with Gasteiger partial charge in [-0.3, -0.25) is 9.78 Å². The Hall–Kier alpha value is -3.73. The molecular formula is C22H17N3O2. The van der Waals surface area contributed by atoms with Gasteiger partial charge in [-0.1, -0.05) is 42.5 Å². The molecule has 5 nitrogen and oxygen atoms in total. The number of benzene rings is 2. The van der Waals surface area contributed by atoms with E-state index in [1.165, 1.54) is 0 Å². The Morgan fingerprint density at radius 3 is 2.67 bits per heavy atom. The van der Waals surface area contributed by atoms with Crippen LogP contribution >= 0.6 is 0 Å². The number of hydrogen-bond donors (Lipinski definition) is 1. The van der Waals surface area contributed by atoms with Gasteiger partial charge >= 0.3 is 0 Å². The van der Waals surface area contributed by atoms with Gasteiger partial charge in [-0.25, -0.2) is 4.98 Å². The largest absolute Gasteiger partial charge is 0.473 e. The average Bonchev–Trinajstić information content (AvgIpc) is 2.73. The third kappa shape index (κ3) is 3.93. The van der Waals surface area contributed by atoms with Gasteiger partial charge in [-0.05, 0) is 29.8 Å². The number of fused-ring (bicyclic) bond motifs is 1. The van der Waals surface area contributed by atoms with Crippen molar-refractivity contribution in [3.63, 3.8) is 0 Å². The number of pyridine rings is 2. The molecule has 0 fully saturated rings. The molecule has 0 atom stereocenters. The number of nitrogens with one attached hydrogen (secondary N) is 1. The van der Waals surface area contributed by atoms with Gasteiger partial charge < -0.3 is 10.1 Å². The minimum atomic E-state index is -0.200. The second-order valence-electron chi connectivity index (χ2n) is 5.99. The summed E-state index contributed by atoms with van der Waals surface area (Å²) in [7, 11) is 0. The lowest BCUT2D eigenvalue weighted by molar-refractivity contribution is 0.102. The number of carbonyl (C=O) groups excluding carboxylic acids is 1. The Kier molecular flexibility index (Phi) is 4.74. The molecule has 1 N–H and O–H groups in total. The number of nitrogens with zero attached hydrogens (tertiary/aromatic N) is 2.